The monoisotopic (exact) mass is 279 g/mol. The highest BCUT2D eigenvalue weighted by Crippen LogP contribution is 2.30. The predicted molar refractivity (Wildman–Crippen MR) is 75.8 cm³/mol. The number of nitrogens with one attached hydrogen (secondary N) is 1. The largest absolute Gasteiger partial charge is 0.488 e. The molecule has 3 heterocycles. The van der Waals surface area contributed by atoms with Gasteiger partial charge in [0.25, 0.3) is 0 Å². The third-order valence-electron chi connectivity index (χ3n) is 2.72. The van der Waals surface area contributed by atoms with E-state index in [-0.39, 0.29) is 0 Å². The molecule has 4 nitrogen and oxygen atoms in total. The molecule has 0 saturated heterocycles. The Hall–Kier alpha value is -1.38. The molecule has 92 valence electrons. The van der Waals surface area contributed by atoms with Gasteiger partial charge in [-0.1, -0.05) is 11.6 Å². The molecule has 0 amide bonds. The first-order chi connectivity index (χ1) is 8.74. The summed E-state index contributed by atoms with van der Waals surface area (Å²) in [5.41, 5.74) is 2.76. The molecule has 1 aliphatic rings. The number of halogens is 1. The molecule has 18 heavy (non-hydrogen) atoms. The Kier molecular flexibility index (Phi) is 3.06. The Labute approximate surface area is 112 Å². The maximum absolute atomic E-state index is 5.92. The van der Waals surface area contributed by atoms with E-state index in [2.05, 4.69) is 24.5 Å². The van der Waals surface area contributed by atoms with Crippen molar-refractivity contribution in [2.24, 2.45) is 0 Å². The molecule has 2 aromatic rings. The van der Waals surface area contributed by atoms with Gasteiger partial charge in [-0.3, -0.25) is 4.98 Å². The Morgan fingerprint density at radius 3 is 3.06 bits per heavy atom. The maximum Gasteiger partial charge on any atom is 0.160 e. The van der Waals surface area contributed by atoms with E-state index in [1.807, 2.05) is 12.1 Å². The number of anilines is 1. The lowest BCUT2D eigenvalue weighted by Crippen LogP contribution is -2.18. The van der Waals surface area contributed by atoms with Crippen LogP contribution in [0.1, 0.15) is 0 Å². The topological polar surface area (TPSA) is 47.0 Å². The zero-order valence-corrected chi connectivity index (χ0v) is 11.4. The van der Waals surface area contributed by atoms with Crippen molar-refractivity contribution in [2.75, 3.05) is 18.5 Å². The smallest absolute Gasteiger partial charge is 0.160 e. The number of nitrogens with zero attached hydrogens (tertiary/aromatic N) is 2. The fourth-order valence-corrected chi connectivity index (χ4v) is 2.32. The van der Waals surface area contributed by atoms with Gasteiger partial charge in [0.2, 0.25) is 0 Å². The molecule has 1 unspecified atom stereocenters. The Balaban J connectivity index is 2.09. The number of hydrogen-bond donors (Lipinski definition) is 1. The third-order valence-corrected chi connectivity index (χ3v) is 3.39. The molecule has 0 bridgehead atoms. The van der Waals surface area contributed by atoms with Gasteiger partial charge in [0, 0.05) is 18.3 Å². The van der Waals surface area contributed by atoms with Gasteiger partial charge < -0.3 is 10.1 Å². The van der Waals surface area contributed by atoms with Crippen molar-refractivity contribution >= 4 is 31.8 Å². The van der Waals surface area contributed by atoms with E-state index < -0.39 is 0 Å². The molecule has 0 radical (unpaired) electrons. The summed E-state index contributed by atoms with van der Waals surface area (Å²) in [6.45, 7) is 1.48. The van der Waals surface area contributed by atoms with E-state index >= 15 is 0 Å². The summed E-state index contributed by atoms with van der Waals surface area (Å²) in [7, 11) is 2.64. The van der Waals surface area contributed by atoms with Gasteiger partial charge in [0.05, 0.1) is 17.6 Å². The Morgan fingerprint density at radius 1 is 1.28 bits per heavy atom. The molecule has 0 aromatic carbocycles. The summed E-state index contributed by atoms with van der Waals surface area (Å²) in [6, 6.07) is 3.77. The van der Waals surface area contributed by atoms with Crippen LogP contribution in [0.4, 0.5) is 5.69 Å². The van der Waals surface area contributed by atoms with Crippen LogP contribution in [-0.4, -0.2) is 23.1 Å². The average Bonchev–Trinajstić information content (AvgIpc) is 2.41. The standard InChI is InChI=1S/C12H11ClN3OP/c13-12-3-7(11(18)6-16-12)8-4-9-10(5-15-8)17-2-1-14-9/h3-6,14H,1-2,18H2. The highest BCUT2D eigenvalue weighted by atomic mass is 35.5. The van der Waals surface area contributed by atoms with Gasteiger partial charge in [-0.15, -0.1) is 9.24 Å². The van der Waals surface area contributed by atoms with E-state index in [4.69, 9.17) is 16.3 Å². The van der Waals surface area contributed by atoms with Crippen LogP contribution in [0.25, 0.3) is 11.3 Å². The van der Waals surface area contributed by atoms with Crippen LogP contribution in [0.15, 0.2) is 24.5 Å². The Morgan fingerprint density at radius 2 is 2.17 bits per heavy atom. The molecule has 0 spiro atoms. The summed E-state index contributed by atoms with van der Waals surface area (Å²) in [6.07, 6.45) is 3.45. The van der Waals surface area contributed by atoms with E-state index in [1.165, 1.54) is 0 Å². The minimum Gasteiger partial charge on any atom is -0.488 e. The van der Waals surface area contributed by atoms with E-state index in [9.17, 15) is 0 Å². The van der Waals surface area contributed by atoms with E-state index in [0.717, 1.165) is 34.5 Å². The molecule has 2 aromatic heterocycles. The second-order valence-electron chi connectivity index (χ2n) is 3.94. The van der Waals surface area contributed by atoms with E-state index in [0.29, 0.717) is 11.8 Å². The van der Waals surface area contributed by atoms with Gasteiger partial charge in [-0.25, -0.2) is 4.98 Å². The molecule has 0 aliphatic carbocycles. The van der Waals surface area contributed by atoms with Crippen LogP contribution in [0.2, 0.25) is 5.15 Å². The lowest BCUT2D eigenvalue weighted by atomic mass is 10.1. The maximum atomic E-state index is 5.92. The number of aromatic nitrogens is 2. The summed E-state index contributed by atoms with van der Waals surface area (Å²) in [4.78, 5) is 8.43. The highest BCUT2D eigenvalue weighted by Gasteiger charge is 2.13. The van der Waals surface area contributed by atoms with Crippen molar-refractivity contribution < 1.29 is 4.74 Å². The SMILES string of the molecule is Pc1cnc(Cl)cc1-c1cc2c(cn1)OCCN2. The van der Waals surface area contributed by atoms with Crippen LogP contribution in [0.3, 0.4) is 0 Å². The van der Waals surface area contributed by atoms with Crippen LogP contribution in [0, 0.1) is 0 Å². The fourth-order valence-electron chi connectivity index (χ4n) is 1.85. The predicted octanol–water partition coefficient (Wildman–Crippen LogP) is 2.10. The van der Waals surface area contributed by atoms with Crippen molar-refractivity contribution in [3.8, 4) is 17.0 Å². The first-order valence-corrected chi connectivity index (χ1v) is 6.47. The summed E-state index contributed by atoms with van der Waals surface area (Å²) in [5.74, 6) is 0.787. The van der Waals surface area contributed by atoms with Crippen LogP contribution < -0.4 is 15.4 Å². The molecule has 3 rings (SSSR count). The van der Waals surface area contributed by atoms with Crippen LogP contribution >= 0.6 is 20.8 Å². The number of rotatable bonds is 1. The summed E-state index contributed by atoms with van der Waals surface area (Å²) < 4.78 is 5.50. The zero-order valence-electron chi connectivity index (χ0n) is 9.48. The van der Waals surface area contributed by atoms with Crippen LogP contribution in [0.5, 0.6) is 5.75 Å². The lowest BCUT2D eigenvalue weighted by Gasteiger charge is -2.19. The molecule has 1 N–H and O–H groups in total. The van der Waals surface area contributed by atoms with Crippen molar-refractivity contribution in [2.45, 2.75) is 0 Å². The second kappa shape index (κ2) is 4.71. The van der Waals surface area contributed by atoms with Crippen molar-refractivity contribution in [1.29, 1.82) is 0 Å². The van der Waals surface area contributed by atoms with Crippen molar-refractivity contribution in [1.82, 2.24) is 9.97 Å². The minimum atomic E-state index is 0.458. The third kappa shape index (κ3) is 2.14. The molecule has 1 aliphatic heterocycles. The number of ether oxygens (including phenoxy) is 1. The number of hydrogen-bond acceptors (Lipinski definition) is 4. The van der Waals surface area contributed by atoms with Gasteiger partial charge in [0.1, 0.15) is 11.8 Å². The Bertz CT molecular complexity index is 606. The molecule has 1 atom stereocenters. The molecule has 0 saturated carbocycles. The van der Waals surface area contributed by atoms with Gasteiger partial charge in [-0.2, -0.15) is 0 Å². The summed E-state index contributed by atoms with van der Waals surface area (Å²) in [5, 5.41) is 4.71. The first kappa shape index (κ1) is 11.7. The van der Waals surface area contributed by atoms with Gasteiger partial charge in [0.15, 0.2) is 5.75 Å². The van der Waals surface area contributed by atoms with Crippen LogP contribution in [-0.2, 0) is 0 Å². The van der Waals surface area contributed by atoms with Crippen molar-refractivity contribution in [3.63, 3.8) is 0 Å². The number of pyridine rings is 2. The fraction of sp³-hybridized carbons (Fsp3) is 0.167. The molecular formula is C12H11ClN3OP. The van der Waals surface area contributed by atoms with Gasteiger partial charge >= 0.3 is 0 Å². The normalized spacial score (nSPS) is 13.4. The number of fused-ring (bicyclic) bond motifs is 1. The highest BCUT2D eigenvalue weighted by molar-refractivity contribution is 7.27. The van der Waals surface area contributed by atoms with E-state index in [1.54, 1.807) is 12.4 Å². The minimum absolute atomic E-state index is 0.458. The van der Waals surface area contributed by atoms with Gasteiger partial charge in [-0.05, 0) is 17.4 Å². The quantitative estimate of drug-likeness (QED) is 0.641. The second-order valence-corrected chi connectivity index (χ2v) is 4.94. The average molecular weight is 280 g/mol. The molecular weight excluding hydrogens is 269 g/mol. The first-order valence-electron chi connectivity index (χ1n) is 5.52. The molecule has 6 heteroatoms. The lowest BCUT2D eigenvalue weighted by molar-refractivity contribution is 0.322. The summed E-state index contributed by atoms with van der Waals surface area (Å²) >= 11 is 5.92. The molecule has 0 fully saturated rings. The zero-order chi connectivity index (χ0) is 12.5. The van der Waals surface area contributed by atoms with Crippen molar-refractivity contribution in [3.05, 3.63) is 29.7 Å².